The molecule has 0 aromatic heterocycles. The van der Waals surface area contributed by atoms with E-state index in [1.807, 2.05) is 0 Å². The van der Waals surface area contributed by atoms with Gasteiger partial charge in [-0.1, -0.05) is 0 Å². The largest absolute Gasteiger partial charge is 0.480 e. The first-order valence-corrected chi connectivity index (χ1v) is 4.61. The third-order valence-electron chi connectivity index (χ3n) is 2.26. The summed E-state index contributed by atoms with van der Waals surface area (Å²) in [5.74, 6) is -2.89. The van der Waals surface area contributed by atoms with Crippen LogP contribution in [0.2, 0.25) is 0 Å². The molecule has 1 aliphatic rings. The summed E-state index contributed by atoms with van der Waals surface area (Å²) >= 11 is 0. The highest BCUT2D eigenvalue weighted by Crippen LogP contribution is 2.19. The maximum Gasteiger partial charge on any atom is 0.471 e. The predicted molar refractivity (Wildman–Crippen MR) is 46.7 cm³/mol. The second-order valence-corrected chi connectivity index (χ2v) is 3.46. The number of carboxylic acid groups (broad SMARTS) is 1. The van der Waals surface area contributed by atoms with Gasteiger partial charge in [-0.05, 0) is 0 Å². The monoisotopic (exact) mass is 240 g/mol. The van der Waals surface area contributed by atoms with Crippen LogP contribution in [-0.4, -0.2) is 65.7 Å². The number of halogens is 3. The number of hydrogen-bond acceptors (Lipinski definition) is 3. The minimum atomic E-state index is -4.85. The molecule has 1 amide bonds. The lowest BCUT2D eigenvalue weighted by atomic mass is 10.3. The van der Waals surface area contributed by atoms with Crippen LogP contribution in [0.4, 0.5) is 13.2 Å². The molecule has 0 aromatic carbocycles. The highest BCUT2D eigenvalue weighted by Gasteiger charge is 2.43. The van der Waals surface area contributed by atoms with Crippen molar-refractivity contribution < 1.29 is 27.9 Å². The van der Waals surface area contributed by atoms with Gasteiger partial charge in [-0.2, -0.15) is 13.2 Å². The molecule has 0 saturated carbocycles. The van der Waals surface area contributed by atoms with E-state index in [9.17, 15) is 22.8 Å². The molecule has 0 bridgehead atoms. The Morgan fingerprint density at radius 3 is 2.00 bits per heavy atom. The molecule has 1 N–H and O–H groups in total. The first kappa shape index (κ1) is 12.8. The van der Waals surface area contributed by atoms with Crippen molar-refractivity contribution in [3.63, 3.8) is 0 Å². The van der Waals surface area contributed by atoms with E-state index in [1.54, 1.807) is 0 Å². The smallest absolute Gasteiger partial charge is 0.471 e. The molecule has 1 saturated heterocycles. The Morgan fingerprint density at radius 2 is 1.62 bits per heavy atom. The Bertz CT molecular complexity index is 285. The van der Waals surface area contributed by atoms with Gasteiger partial charge in [0, 0.05) is 26.2 Å². The number of carbonyl (C=O) groups is 2. The molecule has 1 fully saturated rings. The topological polar surface area (TPSA) is 60.9 Å². The second kappa shape index (κ2) is 4.69. The summed E-state index contributed by atoms with van der Waals surface area (Å²) < 4.78 is 36.1. The number of carboxylic acids is 1. The number of alkyl halides is 3. The Labute approximate surface area is 89.4 Å². The SMILES string of the molecule is O=C(O)CN1CCN(C(=O)C(F)(F)F)CC1. The molecule has 1 aliphatic heterocycles. The van der Waals surface area contributed by atoms with E-state index in [4.69, 9.17) is 5.11 Å². The molecule has 0 radical (unpaired) electrons. The maximum absolute atomic E-state index is 12.0. The third-order valence-corrected chi connectivity index (χ3v) is 2.26. The molecule has 0 spiro atoms. The Morgan fingerprint density at radius 1 is 1.12 bits per heavy atom. The minimum Gasteiger partial charge on any atom is -0.480 e. The fraction of sp³-hybridized carbons (Fsp3) is 0.750. The van der Waals surface area contributed by atoms with E-state index >= 15 is 0 Å². The van der Waals surface area contributed by atoms with Crippen molar-refractivity contribution in [3.05, 3.63) is 0 Å². The standard InChI is InChI=1S/C8H11F3N2O3/c9-8(10,11)7(16)13-3-1-12(2-4-13)5-6(14)15/h1-5H2,(H,14,15). The van der Waals surface area contributed by atoms with Crippen LogP contribution in [0.3, 0.4) is 0 Å². The Hall–Kier alpha value is -1.31. The second-order valence-electron chi connectivity index (χ2n) is 3.46. The zero-order valence-electron chi connectivity index (χ0n) is 8.33. The van der Waals surface area contributed by atoms with Crippen LogP contribution in [0.25, 0.3) is 0 Å². The van der Waals surface area contributed by atoms with Gasteiger partial charge in [-0.15, -0.1) is 0 Å². The van der Waals surface area contributed by atoms with Gasteiger partial charge in [0.15, 0.2) is 0 Å². The van der Waals surface area contributed by atoms with Crippen molar-refractivity contribution in [2.45, 2.75) is 6.18 Å². The van der Waals surface area contributed by atoms with Crippen LogP contribution in [0, 0.1) is 0 Å². The normalized spacial score (nSPS) is 18.6. The molecule has 1 rings (SSSR count). The average molecular weight is 240 g/mol. The summed E-state index contributed by atoms with van der Waals surface area (Å²) in [6, 6.07) is 0. The van der Waals surface area contributed by atoms with Gasteiger partial charge in [0.25, 0.3) is 0 Å². The molecular formula is C8H11F3N2O3. The van der Waals surface area contributed by atoms with Crippen LogP contribution in [0.5, 0.6) is 0 Å². The molecule has 8 heteroatoms. The summed E-state index contributed by atoms with van der Waals surface area (Å²) in [6.45, 7) is -0.104. The van der Waals surface area contributed by atoms with Crippen molar-refractivity contribution in [2.24, 2.45) is 0 Å². The fourth-order valence-electron chi connectivity index (χ4n) is 1.48. The lowest BCUT2D eigenvalue weighted by molar-refractivity contribution is -0.187. The number of nitrogens with zero attached hydrogens (tertiary/aromatic N) is 2. The third kappa shape index (κ3) is 3.37. The number of rotatable bonds is 2. The molecular weight excluding hydrogens is 229 g/mol. The van der Waals surface area contributed by atoms with E-state index in [1.165, 1.54) is 4.90 Å². The Balaban J connectivity index is 2.43. The van der Waals surface area contributed by atoms with Crippen LogP contribution < -0.4 is 0 Å². The highest BCUT2D eigenvalue weighted by molar-refractivity contribution is 5.82. The average Bonchev–Trinajstić information content (AvgIpc) is 2.15. The van der Waals surface area contributed by atoms with Crippen molar-refractivity contribution in [1.82, 2.24) is 9.80 Å². The lowest BCUT2D eigenvalue weighted by Gasteiger charge is -2.33. The van der Waals surface area contributed by atoms with E-state index in [0.717, 1.165) is 0 Å². The number of piperazine rings is 1. The zero-order valence-corrected chi connectivity index (χ0v) is 8.33. The van der Waals surface area contributed by atoms with Gasteiger partial charge < -0.3 is 10.0 Å². The molecule has 0 unspecified atom stereocenters. The van der Waals surface area contributed by atoms with E-state index in [-0.39, 0.29) is 32.7 Å². The molecule has 92 valence electrons. The Kier molecular flexibility index (Phi) is 3.74. The van der Waals surface area contributed by atoms with Crippen LogP contribution in [-0.2, 0) is 9.59 Å². The number of hydrogen-bond donors (Lipinski definition) is 1. The molecule has 1 heterocycles. The number of aliphatic carboxylic acids is 1. The van der Waals surface area contributed by atoms with Crippen LogP contribution in [0.1, 0.15) is 0 Å². The first-order chi connectivity index (χ1) is 7.30. The van der Waals surface area contributed by atoms with Gasteiger partial charge in [0.1, 0.15) is 0 Å². The van der Waals surface area contributed by atoms with E-state index in [0.29, 0.717) is 4.90 Å². The van der Waals surface area contributed by atoms with Crippen molar-refractivity contribution in [3.8, 4) is 0 Å². The predicted octanol–water partition coefficient (Wildman–Crippen LogP) is -0.223. The summed E-state index contributed by atoms with van der Waals surface area (Å²) in [7, 11) is 0. The summed E-state index contributed by atoms with van der Waals surface area (Å²) in [4.78, 5) is 23.3. The highest BCUT2D eigenvalue weighted by atomic mass is 19.4. The molecule has 0 atom stereocenters. The first-order valence-electron chi connectivity index (χ1n) is 4.61. The molecule has 0 aromatic rings. The van der Waals surface area contributed by atoms with Gasteiger partial charge >= 0.3 is 18.1 Å². The number of carbonyl (C=O) groups excluding carboxylic acids is 1. The van der Waals surface area contributed by atoms with E-state index in [2.05, 4.69) is 0 Å². The van der Waals surface area contributed by atoms with E-state index < -0.39 is 18.1 Å². The van der Waals surface area contributed by atoms with Gasteiger partial charge in [0.05, 0.1) is 6.54 Å². The fourth-order valence-corrected chi connectivity index (χ4v) is 1.48. The van der Waals surface area contributed by atoms with Gasteiger partial charge in [0.2, 0.25) is 0 Å². The van der Waals surface area contributed by atoms with Crippen LogP contribution >= 0.6 is 0 Å². The van der Waals surface area contributed by atoms with Crippen molar-refractivity contribution in [2.75, 3.05) is 32.7 Å². The minimum absolute atomic E-state index is 0.0916. The zero-order chi connectivity index (χ0) is 12.3. The van der Waals surface area contributed by atoms with Gasteiger partial charge in [-0.3, -0.25) is 14.5 Å². The van der Waals surface area contributed by atoms with Gasteiger partial charge in [-0.25, -0.2) is 0 Å². The summed E-state index contributed by atoms with van der Waals surface area (Å²) in [5, 5.41) is 8.47. The van der Waals surface area contributed by atoms with Crippen molar-refractivity contribution >= 4 is 11.9 Å². The summed E-state index contributed by atoms with van der Waals surface area (Å²) in [5.41, 5.74) is 0. The van der Waals surface area contributed by atoms with Crippen molar-refractivity contribution in [1.29, 1.82) is 0 Å². The lowest BCUT2D eigenvalue weighted by Crippen LogP contribution is -2.53. The molecule has 0 aliphatic carbocycles. The number of amides is 1. The van der Waals surface area contributed by atoms with Crippen LogP contribution in [0.15, 0.2) is 0 Å². The maximum atomic E-state index is 12.0. The molecule has 16 heavy (non-hydrogen) atoms. The summed E-state index contributed by atoms with van der Waals surface area (Å²) in [6.07, 6.45) is -4.85. The quantitative estimate of drug-likeness (QED) is 0.724. The molecule has 5 nitrogen and oxygen atoms in total.